The molecule has 4 heteroatoms. The summed E-state index contributed by atoms with van der Waals surface area (Å²) in [6, 6.07) is 0. The Hall–Kier alpha value is -0.770. The molecule has 0 saturated heterocycles. The number of aliphatic imine (C=N–C) groups is 1. The van der Waals surface area contributed by atoms with Crippen LogP contribution in [-0.2, 0) is 4.74 Å². The molecule has 0 aromatic carbocycles. The lowest BCUT2D eigenvalue weighted by Gasteiger charge is -2.20. The Morgan fingerprint density at radius 1 is 1.67 bits per heavy atom. The standard InChI is InChI=1S/C11H18N2OS/c1-7(2)14-10-6-9(11(12)15-4)5-8(3)13-10/h6-7,9,12H,5H2,1-4H3. The van der Waals surface area contributed by atoms with Gasteiger partial charge in [0.1, 0.15) is 0 Å². The number of thioether (sulfide) groups is 1. The van der Waals surface area contributed by atoms with Gasteiger partial charge in [-0.05, 0) is 39.5 Å². The minimum absolute atomic E-state index is 0.134. The van der Waals surface area contributed by atoms with Gasteiger partial charge in [-0.2, -0.15) is 0 Å². The summed E-state index contributed by atoms with van der Waals surface area (Å²) in [4.78, 5) is 4.34. The van der Waals surface area contributed by atoms with Crippen LogP contribution in [0.15, 0.2) is 17.0 Å². The van der Waals surface area contributed by atoms with E-state index in [0.717, 1.165) is 12.1 Å². The van der Waals surface area contributed by atoms with Crippen LogP contribution < -0.4 is 0 Å². The SMILES string of the molecule is CSC(=N)C1C=C(OC(C)C)N=C(C)C1. The molecule has 0 spiro atoms. The second-order valence-electron chi connectivity index (χ2n) is 3.90. The molecular formula is C11H18N2OS. The number of nitrogens with one attached hydrogen (secondary N) is 1. The Bertz CT molecular complexity index is 308. The van der Waals surface area contributed by atoms with Crippen LogP contribution >= 0.6 is 11.8 Å². The van der Waals surface area contributed by atoms with Crippen molar-refractivity contribution in [2.45, 2.75) is 33.3 Å². The zero-order valence-electron chi connectivity index (χ0n) is 9.70. The topological polar surface area (TPSA) is 45.4 Å². The monoisotopic (exact) mass is 226 g/mol. The molecule has 1 unspecified atom stereocenters. The van der Waals surface area contributed by atoms with E-state index in [9.17, 15) is 0 Å². The average Bonchev–Trinajstić information content (AvgIpc) is 2.14. The van der Waals surface area contributed by atoms with Crippen LogP contribution in [0.4, 0.5) is 0 Å². The minimum Gasteiger partial charge on any atom is -0.475 e. The maximum Gasteiger partial charge on any atom is 0.209 e. The summed E-state index contributed by atoms with van der Waals surface area (Å²) in [6.07, 6.45) is 4.85. The van der Waals surface area contributed by atoms with Crippen molar-refractivity contribution in [2.24, 2.45) is 10.9 Å². The molecule has 3 nitrogen and oxygen atoms in total. The van der Waals surface area contributed by atoms with E-state index in [0.29, 0.717) is 10.9 Å². The highest BCUT2D eigenvalue weighted by atomic mass is 32.2. The van der Waals surface area contributed by atoms with Crippen LogP contribution in [0.3, 0.4) is 0 Å². The van der Waals surface area contributed by atoms with Gasteiger partial charge in [0.2, 0.25) is 5.88 Å². The highest BCUT2D eigenvalue weighted by Gasteiger charge is 2.19. The summed E-state index contributed by atoms with van der Waals surface area (Å²) in [5.41, 5.74) is 1.04. The predicted molar refractivity (Wildman–Crippen MR) is 66.8 cm³/mol. The fraction of sp³-hybridized carbons (Fsp3) is 0.636. The summed E-state index contributed by atoms with van der Waals surface area (Å²) >= 11 is 1.48. The molecule has 0 fully saturated rings. The Morgan fingerprint density at radius 2 is 2.33 bits per heavy atom. The molecule has 0 aromatic rings. The second-order valence-corrected chi connectivity index (χ2v) is 4.75. The number of allylic oxidation sites excluding steroid dienone is 1. The third kappa shape index (κ3) is 3.70. The Morgan fingerprint density at radius 3 is 2.87 bits per heavy atom. The van der Waals surface area contributed by atoms with E-state index in [2.05, 4.69) is 4.99 Å². The third-order valence-electron chi connectivity index (χ3n) is 2.07. The van der Waals surface area contributed by atoms with Gasteiger partial charge in [-0.25, -0.2) is 4.99 Å². The highest BCUT2D eigenvalue weighted by molar-refractivity contribution is 8.13. The first-order valence-electron chi connectivity index (χ1n) is 5.08. The number of rotatable bonds is 3. The fourth-order valence-corrected chi connectivity index (χ4v) is 1.90. The number of hydrogen-bond acceptors (Lipinski definition) is 4. The number of nitrogens with zero attached hydrogens (tertiary/aromatic N) is 1. The van der Waals surface area contributed by atoms with Gasteiger partial charge < -0.3 is 4.74 Å². The van der Waals surface area contributed by atoms with Gasteiger partial charge in [0.15, 0.2) is 0 Å². The van der Waals surface area contributed by atoms with Gasteiger partial charge in [-0.3, -0.25) is 5.41 Å². The molecule has 1 aliphatic rings. The van der Waals surface area contributed by atoms with E-state index in [1.807, 2.05) is 33.1 Å². The Kier molecular flexibility index (Phi) is 4.39. The molecule has 0 amide bonds. The van der Waals surface area contributed by atoms with Crippen molar-refractivity contribution in [3.05, 3.63) is 12.0 Å². The largest absolute Gasteiger partial charge is 0.475 e. The van der Waals surface area contributed by atoms with Crippen LogP contribution in [0.5, 0.6) is 0 Å². The van der Waals surface area contributed by atoms with Crippen LogP contribution in [0.2, 0.25) is 0 Å². The second kappa shape index (κ2) is 5.35. The van der Waals surface area contributed by atoms with Crippen LogP contribution in [0.1, 0.15) is 27.2 Å². The van der Waals surface area contributed by atoms with Crippen LogP contribution in [-0.4, -0.2) is 23.1 Å². The van der Waals surface area contributed by atoms with E-state index in [4.69, 9.17) is 10.1 Å². The molecule has 0 aromatic heterocycles. The van der Waals surface area contributed by atoms with Gasteiger partial charge in [-0.1, -0.05) is 0 Å². The zero-order valence-corrected chi connectivity index (χ0v) is 10.5. The molecule has 1 N–H and O–H groups in total. The van der Waals surface area contributed by atoms with E-state index in [1.165, 1.54) is 11.8 Å². The molecular weight excluding hydrogens is 208 g/mol. The Balaban J connectivity index is 2.76. The van der Waals surface area contributed by atoms with Crippen LogP contribution in [0.25, 0.3) is 0 Å². The molecule has 84 valence electrons. The fourth-order valence-electron chi connectivity index (χ4n) is 1.45. The average molecular weight is 226 g/mol. The zero-order chi connectivity index (χ0) is 11.4. The molecule has 0 bridgehead atoms. The van der Waals surface area contributed by atoms with E-state index < -0.39 is 0 Å². The number of hydrogen-bond donors (Lipinski definition) is 1. The molecule has 0 radical (unpaired) electrons. The summed E-state index contributed by atoms with van der Waals surface area (Å²) in [7, 11) is 0. The van der Waals surface area contributed by atoms with Gasteiger partial charge in [0, 0.05) is 11.6 Å². The molecule has 1 heterocycles. The van der Waals surface area contributed by atoms with Crippen molar-refractivity contribution < 1.29 is 4.74 Å². The lowest BCUT2D eigenvalue weighted by Crippen LogP contribution is -2.17. The van der Waals surface area contributed by atoms with Crippen molar-refractivity contribution in [1.29, 1.82) is 5.41 Å². The Labute approximate surface area is 95.5 Å². The minimum atomic E-state index is 0.134. The van der Waals surface area contributed by atoms with Crippen molar-refractivity contribution in [2.75, 3.05) is 6.26 Å². The molecule has 0 saturated carbocycles. The van der Waals surface area contributed by atoms with Gasteiger partial charge in [0.05, 0.1) is 11.1 Å². The normalized spacial score (nSPS) is 21.0. The quantitative estimate of drug-likeness (QED) is 0.593. The first-order chi connectivity index (χ1) is 7.02. The maximum absolute atomic E-state index is 7.80. The molecule has 0 aliphatic carbocycles. The maximum atomic E-state index is 7.80. The van der Waals surface area contributed by atoms with Crippen molar-refractivity contribution >= 4 is 22.5 Å². The van der Waals surface area contributed by atoms with Gasteiger partial charge in [0.25, 0.3) is 0 Å². The summed E-state index contributed by atoms with van der Waals surface area (Å²) in [5, 5.41) is 8.48. The smallest absolute Gasteiger partial charge is 0.209 e. The van der Waals surface area contributed by atoms with Gasteiger partial charge >= 0.3 is 0 Å². The van der Waals surface area contributed by atoms with Crippen LogP contribution in [0, 0.1) is 11.3 Å². The van der Waals surface area contributed by atoms with E-state index in [1.54, 1.807) is 0 Å². The van der Waals surface area contributed by atoms with E-state index >= 15 is 0 Å². The summed E-state index contributed by atoms with van der Waals surface area (Å²) < 4.78 is 5.55. The van der Waals surface area contributed by atoms with E-state index in [-0.39, 0.29) is 12.0 Å². The van der Waals surface area contributed by atoms with Crippen molar-refractivity contribution in [1.82, 2.24) is 0 Å². The van der Waals surface area contributed by atoms with Crippen molar-refractivity contribution in [3.63, 3.8) is 0 Å². The van der Waals surface area contributed by atoms with Crippen molar-refractivity contribution in [3.8, 4) is 0 Å². The summed E-state index contributed by atoms with van der Waals surface area (Å²) in [5.74, 6) is 0.809. The first kappa shape index (κ1) is 12.3. The lowest BCUT2D eigenvalue weighted by atomic mass is 10.0. The molecule has 1 rings (SSSR count). The summed E-state index contributed by atoms with van der Waals surface area (Å²) in [6.45, 7) is 5.95. The number of ether oxygens (including phenoxy) is 1. The highest BCUT2D eigenvalue weighted by Crippen LogP contribution is 2.23. The predicted octanol–water partition coefficient (Wildman–Crippen LogP) is 3.07. The molecule has 1 atom stereocenters. The lowest BCUT2D eigenvalue weighted by molar-refractivity contribution is 0.143. The first-order valence-corrected chi connectivity index (χ1v) is 6.30. The van der Waals surface area contributed by atoms with Gasteiger partial charge in [-0.15, -0.1) is 11.8 Å². The molecule has 1 aliphatic heterocycles. The molecule has 15 heavy (non-hydrogen) atoms. The third-order valence-corrected chi connectivity index (χ3v) is 2.82.